The first-order valence-corrected chi connectivity index (χ1v) is 7.42. The Morgan fingerprint density at radius 1 is 1.43 bits per heavy atom. The number of unbranched alkanes of at least 4 members (excludes halogenated alkanes) is 2. The number of ether oxygens (including phenoxy) is 1. The summed E-state index contributed by atoms with van der Waals surface area (Å²) < 4.78 is 7.05. The summed E-state index contributed by atoms with van der Waals surface area (Å²) >= 11 is 6.01. The van der Waals surface area contributed by atoms with E-state index in [1.165, 1.54) is 0 Å². The number of pyridine rings is 1. The summed E-state index contributed by atoms with van der Waals surface area (Å²) in [5.41, 5.74) is 0.583. The van der Waals surface area contributed by atoms with Gasteiger partial charge in [-0.05, 0) is 18.6 Å². The van der Waals surface area contributed by atoms with Crippen LogP contribution in [-0.4, -0.2) is 33.7 Å². The molecule has 0 radical (unpaired) electrons. The molecule has 2 aromatic rings. The lowest BCUT2D eigenvalue weighted by molar-refractivity contribution is -0.125. The van der Waals surface area contributed by atoms with Gasteiger partial charge in [0.1, 0.15) is 6.61 Å². The largest absolute Gasteiger partial charge is 0.372 e. The number of carbonyl (C=O) groups is 1. The van der Waals surface area contributed by atoms with Gasteiger partial charge in [-0.15, -0.1) is 10.2 Å². The minimum atomic E-state index is -0.162. The minimum Gasteiger partial charge on any atom is -0.372 e. The number of hydrogen-bond acceptors (Lipinski definition) is 4. The van der Waals surface area contributed by atoms with Crippen LogP contribution in [0.15, 0.2) is 18.3 Å². The minimum absolute atomic E-state index is 0.0706. The molecule has 1 N–H and O–H groups in total. The van der Waals surface area contributed by atoms with Crippen LogP contribution in [0.1, 0.15) is 32.0 Å². The van der Waals surface area contributed by atoms with Crippen LogP contribution in [0.3, 0.4) is 0 Å². The van der Waals surface area contributed by atoms with Gasteiger partial charge >= 0.3 is 0 Å². The first-order chi connectivity index (χ1) is 10.2. The monoisotopic (exact) mass is 310 g/mol. The average molecular weight is 311 g/mol. The van der Waals surface area contributed by atoms with Crippen LogP contribution in [0.2, 0.25) is 5.02 Å². The Bertz CT molecular complexity index is 600. The van der Waals surface area contributed by atoms with Crippen molar-refractivity contribution in [2.75, 3.05) is 13.2 Å². The zero-order valence-corrected chi connectivity index (χ0v) is 12.8. The summed E-state index contributed by atoms with van der Waals surface area (Å²) in [6.07, 6.45) is 5.05. The zero-order valence-electron chi connectivity index (χ0n) is 12.0. The molecular formula is C14H19ClN4O2. The maximum absolute atomic E-state index is 11.7. The van der Waals surface area contributed by atoms with Gasteiger partial charge in [-0.3, -0.25) is 9.20 Å². The number of aromatic nitrogens is 3. The molecule has 0 unspecified atom stereocenters. The number of halogens is 1. The summed E-state index contributed by atoms with van der Waals surface area (Å²) in [5.74, 6) is 0.470. The van der Waals surface area contributed by atoms with Crippen molar-refractivity contribution in [2.45, 2.75) is 32.7 Å². The van der Waals surface area contributed by atoms with E-state index in [9.17, 15) is 4.79 Å². The van der Waals surface area contributed by atoms with Gasteiger partial charge in [-0.2, -0.15) is 0 Å². The van der Waals surface area contributed by atoms with Gasteiger partial charge < -0.3 is 10.1 Å². The van der Waals surface area contributed by atoms with E-state index >= 15 is 0 Å². The molecule has 0 spiro atoms. The SMILES string of the molecule is CCCCCOCC(=O)NCc1nnc2c(Cl)cccn12. The van der Waals surface area contributed by atoms with Crippen molar-refractivity contribution in [2.24, 2.45) is 0 Å². The summed E-state index contributed by atoms with van der Waals surface area (Å²) in [6, 6.07) is 3.55. The Hall–Kier alpha value is -1.66. The summed E-state index contributed by atoms with van der Waals surface area (Å²) in [7, 11) is 0. The van der Waals surface area contributed by atoms with Gasteiger partial charge in [0.15, 0.2) is 11.5 Å². The molecule has 0 aliphatic carbocycles. The van der Waals surface area contributed by atoms with E-state index in [1.807, 2.05) is 6.20 Å². The Morgan fingerprint density at radius 3 is 3.10 bits per heavy atom. The topological polar surface area (TPSA) is 68.5 Å². The molecule has 0 atom stereocenters. The molecule has 2 aromatic heterocycles. The van der Waals surface area contributed by atoms with Gasteiger partial charge in [0, 0.05) is 12.8 Å². The van der Waals surface area contributed by atoms with E-state index in [2.05, 4.69) is 22.4 Å². The average Bonchev–Trinajstić information content (AvgIpc) is 2.89. The van der Waals surface area contributed by atoms with Crippen molar-refractivity contribution < 1.29 is 9.53 Å². The highest BCUT2D eigenvalue weighted by atomic mass is 35.5. The number of nitrogens with zero attached hydrogens (tertiary/aromatic N) is 3. The van der Waals surface area contributed by atoms with Crippen molar-refractivity contribution in [3.05, 3.63) is 29.2 Å². The predicted molar refractivity (Wildman–Crippen MR) is 80.2 cm³/mol. The summed E-state index contributed by atoms with van der Waals surface area (Å²) in [6.45, 7) is 3.10. The molecule has 7 heteroatoms. The standard InChI is InChI=1S/C14H19ClN4O2/c1-2-3-4-8-21-10-13(20)16-9-12-17-18-14-11(15)6-5-7-19(12)14/h5-7H,2-4,8-10H2,1H3,(H,16,20). The van der Waals surface area contributed by atoms with Crippen LogP contribution in [0.4, 0.5) is 0 Å². The molecule has 1 amide bonds. The van der Waals surface area contributed by atoms with Crippen LogP contribution >= 0.6 is 11.6 Å². The van der Waals surface area contributed by atoms with Crippen molar-refractivity contribution in [3.63, 3.8) is 0 Å². The lowest BCUT2D eigenvalue weighted by atomic mass is 10.3. The van der Waals surface area contributed by atoms with E-state index in [1.54, 1.807) is 16.5 Å². The maximum Gasteiger partial charge on any atom is 0.246 e. The number of nitrogens with one attached hydrogen (secondary N) is 1. The molecule has 0 fully saturated rings. The number of amides is 1. The van der Waals surface area contributed by atoms with E-state index < -0.39 is 0 Å². The third-order valence-electron chi connectivity index (χ3n) is 3.03. The quantitative estimate of drug-likeness (QED) is 0.759. The smallest absolute Gasteiger partial charge is 0.246 e. The predicted octanol–water partition coefficient (Wildman–Crippen LogP) is 2.21. The molecule has 0 aromatic carbocycles. The number of hydrogen-bond donors (Lipinski definition) is 1. The number of rotatable bonds is 8. The normalized spacial score (nSPS) is 11.0. The van der Waals surface area contributed by atoms with Crippen LogP contribution in [0.25, 0.3) is 5.65 Å². The van der Waals surface area contributed by atoms with Crippen molar-refractivity contribution in [1.82, 2.24) is 19.9 Å². The molecule has 6 nitrogen and oxygen atoms in total. The summed E-state index contributed by atoms with van der Waals surface area (Å²) in [5, 5.41) is 11.3. The summed E-state index contributed by atoms with van der Waals surface area (Å²) in [4.78, 5) is 11.7. The van der Waals surface area contributed by atoms with Crippen LogP contribution in [0, 0.1) is 0 Å². The molecule has 0 aliphatic rings. The Morgan fingerprint density at radius 2 is 2.29 bits per heavy atom. The Kier molecular flexibility index (Phi) is 5.95. The van der Waals surface area contributed by atoms with E-state index in [-0.39, 0.29) is 12.5 Å². The van der Waals surface area contributed by atoms with E-state index in [4.69, 9.17) is 16.3 Å². The molecule has 0 aliphatic heterocycles. The van der Waals surface area contributed by atoms with Gasteiger partial charge in [0.25, 0.3) is 0 Å². The molecule has 2 heterocycles. The molecule has 2 rings (SSSR count). The van der Waals surface area contributed by atoms with Gasteiger partial charge in [0.2, 0.25) is 5.91 Å². The van der Waals surface area contributed by atoms with Crippen LogP contribution < -0.4 is 5.32 Å². The van der Waals surface area contributed by atoms with Gasteiger partial charge in [-0.25, -0.2) is 0 Å². The van der Waals surface area contributed by atoms with E-state index in [0.29, 0.717) is 29.6 Å². The maximum atomic E-state index is 11.7. The Balaban J connectivity index is 1.79. The van der Waals surface area contributed by atoms with Crippen molar-refractivity contribution in [3.8, 4) is 0 Å². The first-order valence-electron chi connectivity index (χ1n) is 7.05. The third-order valence-corrected chi connectivity index (χ3v) is 3.32. The molecule has 21 heavy (non-hydrogen) atoms. The fourth-order valence-electron chi connectivity index (χ4n) is 1.90. The van der Waals surface area contributed by atoms with Crippen LogP contribution in [-0.2, 0) is 16.1 Å². The lowest BCUT2D eigenvalue weighted by Crippen LogP contribution is -2.28. The second-order valence-electron chi connectivity index (χ2n) is 4.70. The second-order valence-corrected chi connectivity index (χ2v) is 5.11. The number of carbonyl (C=O) groups excluding carboxylic acids is 1. The third kappa shape index (κ3) is 4.41. The number of fused-ring (bicyclic) bond motifs is 1. The molecule has 0 bridgehead atoms. The second kappa shape index (κ2) is 7.95. The van der Waals surface area contributed by atoms with Crippen LogP contribution in [0.5, 0.6) is 0 Å². The fourth-order valence-corrected chi connectivity index (χ4v) is 2.10. The highest BCUT2D eigenvalue weighted by Gasteiger charge is 2.09. The van der Waals surface area contributed by atoms with Crippen molar-refractivity contribution >= 4 is 23.2 Å². The molecular weight excluding hydrogens is 292 g/mol. The molecule has 114 valence electrons. The molecule has 0 saturated carbocycles. The zero-order chi connectivity index (χ0) is 15.1. The lowest BCUT2D eigenvalue weighted by Gasteiger charge is -2.05. The fraction of sp³-hybridized carbons (Fsp3) is 0.500. The molecule has 0 saturated heterocycles. The first kappa shape index (κ1) is 15.7. The highest BCUT2D eigenvalue weighted by Crippen LogP contribution is 2.15. The Labute approximate surface area is 128 Å². The van der Waals surface area contributed by atoms with Gasteiger partial charge in [-0.1, -0.05) is 31.4 Å². The highest BCUT2D eigenvalue weighted by molar-refractivity contribution is 6.33. The van der Waals surface area contributed by atoms with Gasteiger partial charge in [0.05, 0.1) is 11.6 Å². The van der Waals surface area contributed by atoms with Crippen molar-refractivity contribution in [1.29, 1.82) is 0 Å². The van der Waals surface area contributed by atoms with E-state index in [0.717, 1.165) is 19.3 Å².